The fourth-order valence-corrected chi connectivity index (χ4v) is 1.56. The van der Waals surface area contributed by atoms with Crippen molar-refractivity contribution in [3.8, 4) is 0 Å². The zero-order chi connectivity index (χ0) is 9.52. The Morgan fingerprint density at radius 2 is 2.38 bits per heavy atom. The maximum absolute atomic E-state index is 5.53. The second-order valence-corrected chi connectivity index (χ2v) is 3.82. The molecule has 0 amide bonds. The Bertz CT molecular complexity index is 124. The molecule has 1 rings (SSSR count). The highest BCUT2D eigenvalue weighted by atomic mass is 16.5. The molecule has 2 atom stereocenters. The number of hydrogen-bond donors (Lipinski definition) is 2. The van der Waals surface area contributed by atoms with Crippen LogP contribution in [0.4, 0.5) is 0 Å². The summed E-state index contributed by atoms with van der Waals surface area (Å²) in [7, 11) is 1.99. The molecule has 1 saturated heterocycles. The number of likely N-dealkylation sites (N-methyl/N-ethyl adjacent to an activating group) is 1. The Balaban J connectivity index is 1.88. The third kappa shape index (κ3) is 4.60. The molecule has 3 nitrogen and oxygen atoms in total. The van der Waals surface area contributed by atoms with Gasteiger partial charge in [-0.05, 0) is 39.8 Å². The van der Waals surface area contributed by atoms with Gasteiger partial charge in [0.15, 0.2) is 0 Å². The van der Waals surface area contributed by atoms with E-state index >= 15 is 0 Å². The summed E-state index contributed by atoms with van der Waals surface area (Å²) in [5, 5.41) is 6.62. The zero-order valence-electron chi connectivity index (χ0n) is 8.81. The predicted molar refractivity (Wildman–Crippen MR) is 55.0 cm³/mol. The number of ether oxygens (including phenoxy) is 1. The van der Waals surface area contributed by atoms with Crippen LogP contribution in [-0.4, -0.2) is 38.9 Å². The van der Waals surface area contributed by atoms with Crippen molar-refractivity contribution in [3.05, 3.63) is 0 Å². The highest BCUT2D eigenvalue weighted by Crippen LogP contribution is 2.14. The molecule has 0 aliphatic carbocycles. The van der Waals surface area contributed by atoms with E-state index in [9.17, 15) is 0 Å². The first-order valence-electron chi connectivity index (χ1n) is 5.32. The van der Waals surface area contributed by atoms with Gasteiger partial charge in [0.2, 0.25) is 0 Å². The van der Waals surface area contributed by atoms with Crippen molar-refractivity contribution in [1.29, 1.82) is 0 Å². The standard InChI is InChI=1S/C10H22N2O/c1-9(11-2)8-12-6-5-10-4-3-7-13-10/h9-12H,3-8H2,1-2H3. The summed E-state index contributed by atoms with van der Waals surface area (Å²) in [6, 6.07) is 0.560. The van der Waals surface area contributed by atoms with Crippen LogP contribution < -0.4 is 10.6 Å². The van der Waals surface area contributed by atoms with E-state index in [0.717, 1.165) is 26.1 Å². The van der Waals surface area contributed by atoms with E-state index in [1.54, 1.807) is 0 Å². The highest BCUT2D eigenvalue weighted by Gasteiger charge is 2.14. The van der Waals surface area contributed by atoms with Gasteiger partial charge in [0.1, 0.15) is 0 Å². The van der Waals surface area contributed by atoms with Crippen LogP contribution in [0.2, 0.25) is 0 Å². The third-order valence-electron chi connectivity index (χ3n) is 2.61. The first-order chi connectivity index (χ1) is 6.33. The smallest absolute Gasteiger partial charge is 0.0588 e. The fraction of sp³-hybridized carbons (Fsp3) is 1.00. The molecular weight excluding hydrogens is 164 g/mol. The highest BCUT2D eigenvalue weighted by molar-refractivity contribution is 4.67. The lowest BCUT2D eigenvalue weighted by Gasteiger charge is -2.13. The van der Waals surface area contributed by atoms with Gasteiger partial charge in [-0.25, -0.2) is 0 Å². The summed E-state index contributed by atoms with van der Waals surface area (Å²) in [5.74, 6) is 0. The van der Waals surface area contributed by atoms with Gasteiger partial charge in [0.05, 0.1) is 6.10 Å². The first-order valence-corrected chi connectivity index (χ1v) is 5.32. The molecule has 13 heavy (non-hydrogen) atoms. The lowest BCUT2D eigenvalue weighted by molar-refractivity contribution is 0.104. The van der Waals surface area contributed by atoms with Crippen molar-refractivity contribution in [1.82, 2.24) is 10.6 Å². The Morgan fingerprint density at radius 1 is 1.54 bits per heavy atom. The summed E-state index contributed by atoms with van der Waals surface area (Å²) in [5.41, 5.74) is 0. The van der Waals surface area contributed by atoms with Crippen LogP contribution in [0.1, 0.15) is 26.2 Å². The monoisotopic (exact) mass is 186 g/mol. The van der Waals surface area contributed by atoms with E-state index < -0.39 is 0 Å². The molecule has 0 saturated carbocycles. The minimum Gasteiger partial charge on any atom is -0.378 e. The van der Waals surface area contributed by atoms with Crippen molar-refractivity contribution >= 4 is 0 Å². The molecule has 2 unspecified atom stereocenters. The molecule has 0 bridgehead atoms. The Morgan fingerprint density at radius 3 is 3.00 bits per heavy atom. The van der Waals surface area contributed by atoms with Crippen LogP contribution in [0.5, 0.6) is 0 Å². The van der Waals surface area contributed by atoms with Crippen LogP contribution in [0.15, 0.2) is 0 Å². The van der Waals surface area contributed by atoms with Crippen molar-refractivity contribution < 1.29 is 4.74 Å². The number of rotatable bonds is 6. The molecule has 0 aromatic heterocycles. The third-order valence-corrected chi connectivity index (χ3v) is 2.61. The van der Waals surface area contributed by atoms with E-state index in [2.05, 4.69) is 17.6 Å². The molecule has 1 aliphatic heterocycles. The molecule has 3 heteroatoms. The average molecular weight is 186 g/mol. The van der Waals surface area contributed by atoms with Crippen molar-refractivity contribution in [2.24, 2.45) is 0 Å². The van der Waals surface area contributed by atoms with Gasteiger partial charge in [-0.2, -0.15) is 0 Å². The predicted octanol–water partition coefficient (Wildman–Crippen LogP) is 0.753. The minimum atomic E-state index is 0.525. The van der Waals surface area contributed by atoms with Gasteiger partial charge in [-0.1, -0.05) is 0 Å². The molecule has 1 aliphatic rings. The molecule has 0 radical (unpaired) electrons. The normalized spacial score (nSPS) is 24.9. The van der Waals surface area contributed by atoms with Crippen LogP contribution >= 0.6 is 0 Å². The van der Waals surface area contributed by atoms with Gasteiger partial charge in [-0.3, -0.25) is 0 Å². The zero-order valence-corrected chi connectivity index (χ0v) is 8.81. The van der Waals surface area contributed by atoms with E-state index in [-0.39, 0.29) is 0 Å². The quantitative estimate of drug-likeness (QED) is 0.601. The summed E-state index contributed by atoms with van der Waals surface area (Å²) >= 11 is 0. The van der Waals surface area contributed by atoms with Crippen molar-refractivity contribution in [3.63, 3.8) is 0 Å². The minimum absolute atomic E-state index is 0.525. The average Bonchev–Trinajstić information content (AvgIpc) is 2.64. The Hall–Kier alpha value is -0.120. The lowest BCUT2D eigenvalue weighted by Crippen LogP contribution is -2.35. The first kappa shape index (κ1) is 11.0. The molecule has 0 aromatic rings. The van der Waals surface area contributed by atoms with Crippen molar-refractivity contribution in [2.75, 3.05) is 26.7 Å². The lowest BCUT2D eigenvalue weighted by atomic mass is 10.2. The summed E-state index contributed by atoms with van der Waals surface area (Å²) in [4.78, 5) is 0. The Kier molecular flexibility index (Phi) is 5.35. The molecular formula is C10H22N2O. The molecule has 1 heterocycles. The second kappa shape index (κ2) is 6.35. The molecule has 2 N–H and O–H groups in total. The molecule has 78 valence electrons. The number of nitrogens with one attached hydrogen (secondary N) is 2. The van der Waals surface area contributed by atoms with Crippen LogP contribution in [0, 0.1) is 0 Å². The van der Waals surface area contributed by atoms with E-state index in [0.29, 0.717) is 12.1 Å². The van der Waals surface area contributed by atoms with Crippen LogP contribution in [0.3, 0.4) is 0 Å². The van der Waals surface area contributed by atoms with E-state index in [1.807, 2.05) is 7.05 Å². The summed E-state index contributed by atoms with van der Waals surface area (Å²) < 4.78 is 5.53. The van der Waals surface area contributed by atoms with Crippen molar-refractivity contribution in [2.45, 2.75) is 38.3 Å². The Labute approximate surface area is 81.2 Å². The maximum atomic E-state index is 5.53. The van der Waals surface area contributed by atoms with Gasteiger partial charge in [0, 0.05) is 19.2 Å². The summed E-state index contributed by atoms with van der Waals surface area (Å²) in [6.45, 7) is 5.27. The van der Waals surface area contributed by atoms with Gasteiger partial charge in [0.25, 0.3) is 0 Å². The fourth-order valence-electron chi connectivity index (χ4n) is 1.56. The van der Waals surface area contributed by atoms with E-state index in [4.69, 9.17) is 4.74 Å². The van der Waals surface area contributed by atoms with Crippen LogP contribution in [0.25, 0.3) is 0 Å². The molecule has 0 aromatic carbocycles. The topological polar surface area (TPSA) is 33.3 Å². The SMILES string of the molecule is CNC(C)CNCCC1CCCO1. The summed E-state index contributed by atoms with van der Waals surface area (Å²) in [6.07, 6.45) is 4.19. The number of hydrogen-bond acceptors (Lipinski definition) is 3. The maximum Gasteiger partial charge on any atom is 0.0588 e. The van der Waals surface area contributed by atoms with Gasteiger partial charge < -0.3 is 15.4 Å². The molecule has 1 fully saturated rings. The van der Waals surface area contributed by atoms with E-state index in [1.165, 1.54) is 12.8 Å². The molecule has 0 spiro atoms. The van der Waals surface area contributed by atoms with Gasteiger partial charge in [-0.15, -0.1) is 0 Å². The van der Waals surface area contributed by atoms with Gasteiger partial charge >= 0.3 is 0 Å². The largest absolute Gasteiger partial charge is 0.378 e. The second-order valence-electron chi connectivity index (χ2n) is 3.82. The van der Waals surface area contributed by atoms with Crippen LogP contribution in [-0.2, 0) is 4.74 Å².